The first kappa shape index (κ1) is 21.1. The molecule has 31 heavy (non-hydrogen) atoms. The SMILES string of the molecule is O=C(NS(=O)(=O)c1cc2c(c([N+](=O)[O-])c1)N[C@@H](C1CCOCC1)CO2)c1ccccc1. The predicted molar refractivity (Wildman–Crippen MR) is 111 cm³/mol. The molecule has 0 radical (unpaired) electrons. The maximum atomic E-state index is 12.7. The third kappa shape index (κ3) is 4.47. The third-order valence-electron chi connectivity index (χ3n) is 5.41. The van der Waals surface area contributed by atoms with Crippen LogP contribution in [-0.2, 0) is 14.8 Å². The first-order valence-electron chi connectivity index (χ1n) is 9.77. The van der Waals surface area contributed by atoms with Crippen LogP contribution in [-0.4, -0.2) is 45.1 Å². The summed E-state index contributed by atoms with van der Waals surface area (Å²) in [5.74, 6) is -0.542. The Labute approximate surface area is 178 Å². The van der Waals surface area contributed by atoms with Crippen molar-refractivity contribution >= 4 is 27.3 Å². The van der Waals surface area contributed by atoms with E-state index >= 15 is 0 Å². The molecule has 2 heterocycles. The monoisotopic (exact) mass is 447 g/mol. The second kappa shape index (κ2) is 8.52. The van der Waals surface area contributed by atoms with Gasteiger partial charge >= 0.3 is 0 Å². The molecule has 11 heteroatoms. The van der Waals surface area contributed by atoms with Crippen LogP contribution in [0.15, 0.2) is 47.4 Å². The Balaban J connectivity index is 1.62. The highest BCUT2D eigenvalue weighted by atomic mass is 32.2. The minimum absolute atomic E-state index is 0.0602. The van der Waals surface area contributed by atoms with Gasteiger partial charge in [0.15, 0.2) is 11.4 Å². The largest absolute Gasteiger partial charge is 0.489 e. The van der Waals surface area contributed by atoms with E-state index in [1.54, 1.807) is 18.2 Å². The molecule has 0 unspecified atom stereocenters. The zero-order valence-corrected chi connectivity index (χ0v) is 17.3. The zero-order chi connectivity index (χ0) is 22.0. The topological polar surface area (TPSA) is 137 Å². The van der Waals surface area contributed by atoms with E-state index in [1.165, 1.54) is 18.2 Å². The number of hydrogen-bond donors (Lipinski definition) is 2. The smallest absolute Gasteiger partial charge is 0.297 e. The molecule has 1 amide bonds. The van der Waals surface area contributed by atoms with Gasteiger partial charge in [-0.05, 0) is 30.9 Å². The van der Waals surface area contributed by atoms with Crippen LogP contribution >= 0.6 is 0 Å². The average Bonchev–Trinajstić information content (AvgIpc) is 2.78. The number of nitrogens with one attached hydrogen (secondary N) is 2. The Morgan fingerprint density at radius 2 is 1.87 bits per heavy atom. The molecule has 2 aromatic carbocycles. The van der Waals surface area contributed by atoms with Crippen molar-refractivity contribution in [2.24, 2.45) is 5.92 Å². The molecule has 0 saturated carbocycles. The summed E-state index contributed by atoms with van der Waals surface area (Å²) in [6.07, 6.45) is 1.62. The predicted octanol–water partition coefficient (Wildman–Crippen LogP) is 2.31. The van der Waals surface area contributed by atoms with Crippen molar-refractivity contribution in [1.29, 1.82) is 0 Å². The van der Waals surface area contributed by atoms with Crippen molar-refractivity contribution < 1.29 is 27.6 Å². The minimum atomic E-state index is -4.36. The summed E-state index contributed by atoms with van der Waals surface area (Å²) in [6.45, 7) is 1.49. The van der Waals surface area contributed by atoms with Gasteiger partial charge in [-0.2, -0.15) is 0 Å². The lowest BCUT2D eigenvalue weighted by Crippen LogP contribution is -2.40. The van der Waals surface area contributed by atoms with E-state index < -0.39 is 31.4 Å². The van der Waals surface area contributed by atoms with E-state index in [4.69, 9.17) is 9.47 Å². The van der Waals surface area contributed by atoms with Crippen molar-refractivity contribution in [1.82, 2.24) is 4.72 Å². The number of carbonyl (C=O) groups is 1. The van der Waals surface area contributed by atoms with Crippen LogP contribution < -0.4 is 14.8 Å². The van der Waals surface area contributed by atoms with E-state index in [1.807, 2.05) is 4.72 Å². The highest BCUT2D eigenvalue weighted by Crippen LogP contribution is 2.41. The summed E-state index contributed by atoms with van der Waals surface area (Å²) in [6, 6.07) is 9.79. The molecule has 0 aromatic heterocycles. The minimum Gasteiger partial charge on any atom is -0.489 e. The Morgan fingerprint density at radius 3 is 2.55 bits per heavy atom. The van der Waals surface area contributed by atoms with Crippen molar-refractivity contribution in [2.45, 2.75) is 23.8 Å². The maximum Gasteiger partial charge on any atom is 0.297 e. The molecule has 0 bridgehead atoms. The Hall–Kier alpha value is -3.18. The lowest BCUT2D eigenvalue weighted by Gasteiger charge is -2.35. The number of benzene rings is 2. The van der Waals surface area contributed by atoms with Gasteiger partial charge in [0, 0.05) is 30.9 Å². The van der Waals surface area contributed by atoms with Crippen LogP contribution in [0.25, 0.3) is 0 Å². The summed E-state index contributed by atoms with van der Waals surface area (Å²) in [4.78, 5) is 22.9. The molecule has 164 valence electrons. The lowest BCUT2D eigenvalue weighted by atomic mass is 9.91. The Morgan fingerprint density at radius 1 is 1.16 bits per heavy atom. The van der Waals surface area contributed by atoms with Gasteiger partial charge < -0.3 is 14.8 Å². The second-order valence-corrected chi connectivity index (χ2v) is 9.07. The molecule has 10 nitrogen and oxygen atoms in total. The number of rotatable bonds is 5. The molecule has 2 aliphatic rings. The quantitative estimate of drug-likeness (QED) is 0.526. The number of nitrogens with zero attached hydrogens (tertiary/aromatic N) is 1. The number of nitro benzene ring substituents is 1. The summed E-state index contributed by atoms with van der Waals surface area (Å²) in [7, 11) is -4.36. The Bertz CT molecular complexity index is 1100. The van der Waals surface area contributed by atoms with Gasteiger partial charge in [0.25, 0.3) is 21.6 Å². The molecule has 0 spiro atoms. The fourth-order valence-corrected chi connectivity index (χ4v) is 4.75. The normalized spacial score (nSPS) is 18.9. The summed E-state index contributed by atoms with van der Waals surface area (Å²) in [5.41, 5.74) is -0.140. The number of ether oxygens (including phenoxy) is 2. The first-order chi connectivity index (χ1) is 14.8. The molecular formula is C20H21N3O7S. The van der Waals surface area contributed by atoms with Gasteiger partial charge in [-0.3, -0.25) is 14.9 Å². The number of carbonyl (C=O) groups excluding carboxylic acids is 1. The Kier molecular flexibility index (Phi) is 5.79. The number of nitro groups is 1. The van der Waals surface area contributed by atoms with E-state index in [0.717, 1.165) is 18.9 Å². The van der Waals surface area contributed by atoms with Gasteiger partial charge in [-0.15, -0.1) is 0 Å². The van der Waals surface area contributed by atoms with E-state index in [2.05, 4.69) is 5.32 Å². The van der Waals surface area contributed by atoms with Gasteiger partial charge in [-0.25, -0.2) is 13.1 Å². The van der Waals surface area contributed by atoms with Crippen LogP contribution in [0.3, 0.4) is 0 Å². The lowest BCUT2D eigenvalue weighted by molar-refractivity contribution is -0.384. The fraction of sp³-hybridized carbons (Fsp3) is 0.350. The third-order valence-corrected chi connectivity index (χ3v) is 6.72. The van der Waals surface area contributed by atoms with Crippen LogP contribution in [0.5, 0.6) is 5.75 Å². The molecule has 4 rings (SSSR count). The van der Waals surface area contributed by atoms with Crippen LogP contribution in [0.2, 0.25) is 0 Å². The molecule has 2 N–H and O–H groups in total. The summed E-state index contributed by atoms with van der Waals surface area (Å²) in [5, 5.41) is 14.8. The number of anilines is 1. The number of fused-ring (bicyclic) bond motifs is 1. The highest BCUT2D eigenvalue weighted by molar-refractivity contribution is 7.90. The molecule has 1 atom stereocenters. The van der Waals surface area contributed by atoms with Gasteiger partial charge in [0.2, 0.25) is 0 Å². The number of hydrogen-bond acceptors (Lipinski definition) is 8. The van der Waals surface area contributed by atoms with E-state index in [-0.39, 0.29) is 35.6 Å². The number of sulfonamides is 1. The molecule has 2 aliphatic heterocycles. The molecular weight excluding hydrogens is 426 g/mol. The van der Waals surface area contributed by atoms with Gasteiger partial charge in [0.05, 0.1) is 15.9 Å². The van der Waals surface area contributed by atoms with Crippen molar-refractivity contribution in [3.05, 3.63) is 58.1 Å². The molecule has 0 aliphatic carbocycles. The van der Waals surface area contributed by atoms with Crippen molar-refractivity contribution in [2.75, 3.05) is 25.1 Å². The van der Waals surface area contributed by atoms with Crippen LogP contribution in [0, 0.1) is 16.0 Å². The van der Waals surface area contributed by atoms with Gasteiger partial charge in [0.1, 0.15) is 6.61 Å². The molecule has 1 saturated heterocycles. The molecule has 2 aromatic rings. The fourth-order valence-electron chi connectivity index (χ4n) is 3.74. The van der Waals surface area contributed by atoms with E-state index in [0.29, 0.717) is 13.2 Å². The van der Waals surface area contributed by atoms with Gasteiger partial charge in [-0.1, -0.05) is 18.2 Å². The second-order valence-electron chi connectivity index (χ2n) is 7.38. The van der Waals surface area contributed by atoms with E-state index in [9.17, 15) is 23.3 Å². The number of amides is 1. The first-order valence-corrected chi connectivity index (χ1v) is 11.2. The zero-order valence-electron chi connectivity index (χ0n) is 16.4. The standard InChI is InChI=1S/C20H21N3O7S/c24-20(14-4-2-1-3-5-14)22-31(27,28)15-10-17(23(25)26)19-18(11-15)30-12-16(21-19)13-6-8-29-9-7-13/h1-5,10-11,13,16,21H,6-9,12H2,(H,22,24)/t16-/m1/s1. The van der Waals surface area contributed by atoms with Crippen molar-refractivity contribution in [3.63, 3.8) is 0 Å². The highest BCUT2D eigenvalue weighted by Gasteiger charge is 2.34. The summed E-state index contributed by atoms with van der Waals surface area (Å²) < 4.78 is 38.5. The maximum absolute atomic E-state index is 12.7. The van der Waals surface area contributed by atoms with Crippen LogP contribution in [0.4, 0.5) is 11.4 Å². The van der Waals surface area contributed by atoms with Crippen molar-refractivity contribution in [3.8, 4) is 5.75 Å². The van der Waals surface area contributed by atoms with Crippen LogP contribution in [0.1, 0.15) is 23.2 Å². The summed E-state index contributed by atoms with van der Waals surface area (Å²) >= 11 is 0. The molecule has 1 fully saturated rings. The average molecular weight is 447 g/mol.